The van der Waals surface area contributed by atoms with Gasteiger partial charge in [0.25, 0.3) is 5.91 Å². The van der Waals surface area contributed by atoms with E-state index < -0.39 is 0 Å². The maximum absolute atomic E-state index is 12.1. The molecule has 0 unspecified atom stereocenters. The summed E-state index contributed by atoms with van der Waals surface area (Å²) in [6, 6.07) is 5.30. The molecule has 0 aliphatic carbocycles. The van der Waals surface area contributed by atoms with Crippen LogP contribution in [0.25, 0.3) is 0 Å². The van der Waals surface area contributed by atoms with Crippen molar-refractivity contribution < 1.29 is 4.79 Å². The number of carbonyl (C=O) groups is 1. The highest BCUT2D eigenvalue weighted by molar-refractivity contribution is 9.11. The third-order valence-corrected chi connectivity index (χ3v) is 3.91. The van der Waals surface area contributed by atoms with Gasteiger partial charge in [0.15, 0.2) is 5.82 Å². The number of nitrogens with one attached hydrogen (secondary N) is 1. The highest BCUT2D eigenvalue weighted by atomic mass is 79.9. The average Bonchev–Trinajstić information content (AvgIpc) is 2.31. The van der Waals surface area contributed by atoms with Crippen LogP contribution in [-0.4, -0.2) is 15.9 Å². The van der Waals surface area contributed by atoms with Crippen molar-refractivity contribution in [1.82, 2.24) is 9.97 Å². The maximum atomic E-state index is 12.1. The van der Waals surface area contributed by atoms with Gasteiger partial charge in [-0.05, 0) is 50.1 Å². The maximum Gasteiger partial charge on any atom is 0.256 e. The van der Waals surface area contributed by atoms with Crippen LogP contribution in [0.1, 0.15) is 10.4 Å². The number of carbonyl (C=O) groups excluding carboxylic acids is 1. The van der Waals surface area contributed by atoms with Crippen molar-refractivity contribution in [1.29, 1.82) is 0 Å². The second-order valence-electron chi connectivity index (χ2n) is 3.44. The normalized spacial score (nSPS) is 10.3. The SMILES string of the molecule is O=C(Nc1ncc(Br)nc1Br)c1cc(Br)cc(Br)c1. The van der Waals surface area contributed by atoms with Crippen LogP contribution >= 0.6 is 63.7 Å². The van der Waals surface area contributed by atoms with Crippen molar-refractivity contribution in [2.45, 2.75) is 0 Å². The van der Waals surface area contributed by atoms with Gasteiger partial charge >= 0.3 is 0 Å². The molecule has 8 heteroatoms. The number of amides is 1. The Kier molecular flexibility index (Phi) is 5.10. The molecule has 1 aromatic heterocycles. The van der Waals surface area contributed by atoms with Crippen LogP contribution in [0.15, 0.2) is 42.5 Å². The summed E-state index contributed by atoms with van der Waals surface area (Å²) in [5.41, 5.74) is 0.512. The van der Waals surface area contributed by atoms with Crippen LogP contribution in [0.2, 0.25) is 0 Å². The van der Waals surface area contributed by atoms with Crippen molar-refractivity contribution in [3.8, 4) is 0 Å². The van der Waals surface area contributed by atoms with E-state index in [2.05, 4.69) is 79.0 Å². The Bertz CT molecular complexity index is 628. The number of hydrogen-bond acceptors (Lipinski definition) is 3. The molecule has 98 valence electrons. The molecule has 19 heavy (non-hydrogen) atoms. The molecular weight excluding hydrogens is 510 g/mol. The molecule has 0 saturated heterocycles. The van der Waals surface area contributed by atoms with Crippen molar-refractivity contribution in [2.24, 2.45) is 0 Å². The number of halogens is 4. The Morgan fingerprint density at radius 1 is 1.05 bits per heavy atom. The third-order valence-electron chi connectivity index (χ3n) is 2.06. The van der Waals surface area contributed by atoms with Gasteiger partial charge in [-0.15, -0.1) is 0 Å². The van der Waals surface area contributed by atoms with E-state index in [0.29, 0.717) is 20.6 Å². The molecule has 0 spiro atoms. The predicted molar refractivity (Wildman–Crippen MR) is 87.2 cm³/mol. The molecule has 0 aliphatic rings. The fourth-order valence-corrected chi connectivity index (χ4v) is 3.50. The summed E-state index contributed by atoms with van der Waals surface area (Å²) < 4.78 is 2.67. The molecule has 0 aliphatic heterocycles. The largest absolute Gasteiger partial charge is 0.304 e. The van der Waals surface area contributed by atoms with Crippen LogP contribution in [0, 0.1) is 0 Å². The van der Waals surface area contributed by atoms with Crippen molar-refractivity contribution in [2.75, 3.05) is 5.32 Å². The van der Waals surface area contributed by atoms with Crippen molar-refractivity contribution in [3.63, 3.8) is 0 Å². The lowest BCUT2D eigenvalue weighted by atomic mass is 10.2. The number of hydrogen-bond donors (Lipinski definition) is 1. The first-order chi connectivity index (χ1) is 8.95. The fourth-order valence-electron chi connectivity index (χ4n) is 1.30. The molecule has 1 aromatic carbocycles. The van der Waals surface area contributed by atoms with Gasteiger partial charge in [0.05, 0.1) is 6.20 Å². The molecular formula is C11H5Br4N3O. The molecule has 2 aromatic rings. The number of rotatable bonds is 2. The van der Waals surface area contributed by atoms with Crippen LogP contribution in [0.5, 0.6) is 0 Å². The summed E-state index contributed by atoms with van der Waals surface area (Å²) in [6.45, 7) is 0. The standard InChI is InChI=1S/C11H5Br4N3O/c12-6-1-5(2-7(13)3-6)11(19)18-10-9(15)17-8(14)4-16-10/h1-4H,(H,16,18,19). The van der Waals surface area contributed by atoms with Crippen LogP contribution in [0.4, 0.5) is 5.82 Å². The van der Waals surface area contributed by atoms with E-state index in [4.69, 9.17) is 0 Å². The van der Waals surface area contributed by atoms with E-state index in [1.165, 1.54) is 6.20 Å². The van der Waals surface area contributed by atoms with E-state index >= 15 is 0 Å². The first kappa shape index (κ1) is 15.1. The molecule has 1 amide bonds. The van der Waals surface area contributed by atoms with Gasteiger partial charge in [-0.1, -0.05) is 31.9 Å². The van der Waals surface area contributed by atoms with E-state index in [-0.39, 0.29) is 5.91 Å². The topological polar surface area (TPSA) is 54.9 Å². The first-order valence-corrected chi connectivity index (χ1v) is 8.08. The zero-order valence-electron chi connectivity index (χ0n) is 9.12. The van der Waals surface area contributed by atoms with Gasteiger partial charge in [-0.25, -0.2) is 9.97 Å². The molecule has 2 rings (SSSR count). The first-order valence-electron chi connectivity index (χ1n) is 4.91. The predicted octanol–water partition coefficient (Wildman–Crippen LogP) is 4.78. The lowest BCUT2D eigenvalue weighted by Crippen LogP contribution is -2.14. The smallest absolute Gasteiger partial charge is 0.256 e. The zero-order valence-corrected chi connectivity index (χ0v) is 15.5. The summed E-state index contributed by atoms with van der Waals surface area (Å²) in [5.74, 6) is 0.101. The molecule has 1 heterocycles. The van der Waals surface area contributed by atoms with Crippen molar-refractivity contribution >= 4 is 75.4 Å². The molecule has 0 bridgehead atoms. The van der Waals surface area contributed by atoms with E-state index in [9.17, 15) is 4.79 Å². The Morgan fingerprint density at radius 3 is 2.26 bits per heavy atom. The summed E-state index contributed by atoms with van der Waals surface area (Å²) in [4.78, 5) is 20.3. The minimum Gasteiger partial charge on any atom is -0.304 e. The summed E-state index contributed by atoms with van der Waals surface area (Å²) in [6.07, 6.45) is 1.51. The van der Waals surface area contributed by atoms with Crippen molar-refractivity contribution in [3.05, 3.63) is 48.1 Å². The Hall–Kier alpha value is -0.310. The summed E-state index contributed by atoms with van der Waals surface area (Å²) in [5, 5.41) is 2.69. The number of anilines is 1. The Labute approximate surface area is 142 Å². The summed E-state index contributed by atoms with van der Waals surface area (Å²) >= 11 is 13.1. The number of aromatic nitrogens is 2. The van der Waals surface area contributed by atoms with E-state index in [1.807, 2.05) is 6.07 Å². The zero-order chi connectivity index (χ0) is 14.0. The second-order valence-corrected chi connectivity index (χ2v) is 6.84. The van der Waals surface area contributed by atoms with Gasteiger partial charge in [-0.2, -0.15) is 0 Å². The Balaban J connectivity index is 2.25. The molecule has 1 N–H and O–H groups in total. The minimum absolute atomic E-state index is 0.265. The molecule has 0 radical (unpaired) electrons. The number of benzene rings is 1. The average molecular weight is 515 g/mol. The fraction of sp³-hybridized carbons (Fsp3) is 0. The van der Waals surface area contributed by atoms with Crippen LogP contribution in [0.3, 0.4) is 0 Å². The van der Waals surface area contributed by atoms with Gasteiger partial charge in [-0.3, -0.25) is 4.79 Å². The number of nitrogens with zero attached hydrogens (tertiary/aromatic N) is 2. The molecule has 0 saturated carbocycles. The van der Waals surface area contributed by atoms with E-state index in [0.717, 1.165) is 8.95 Å². The molecule has 0 atom stereocenters. The highest BCUT2D eigenvalue weighted by Gasteiger charge is 2.11. The minimum atomic E-state index is -0.265. The van der Waals surface area contributed by atoms with Gasteiger partial charge < -0.3 is 5.32 Å². The third kappa shape index (κ3) is 4.08. The molecule has 0 fully saturated rings. The second kappa shape index (κ2) is 6.43. The highest BCUT2D eigenvalue weighted by Crippen LogP contribution is 2.23. The quantitative estimate of drug-likeness (QED) is 0.628. The molecule has 4 nitrogen and oxygen atoms in total. The summed E-state index contributed by atoms with van der Waals surface area (Å²) in [7, 11) is 0. The monoisotopic (exact) mass is 511 g/mol. The van der Waals surface area contributed by atoms with Gasteiger partial charge in [0.2, 0.25) is 0 Å². The van der Waals surface area contributed by atoms with Gasteiger partial charge in [0.1, 0.15) is 9.21 Å². The lowest BCUT2D eigenvalue weighted by molar-refractivity contribution is 0.102. The van der Waals surface area contributed by atoms with Gasteiger partial charge in [0, 0.05) is 14.5 Å². The lowest BCUT2D eigenvalue weighted by Gasteiger charge is -2.07. The van der Waals surface area contributed by atoms with E-state index in [1.54, 1.807) is 12.1 Å². The van der Waals surface area contributed by atoms with Crippen LogP contribution < -0.4 is 5.32 Å². The Morgan fingerprint density at radius 2 is 1.68 bits per heavy atom. The van der Waals surface area contributed by atoms with Crippen LogP contribution in [-0.2, 0) is 0 Å².